The van der Waals surface area contributed by atoms with Crippen molar-refractivity contribution in [1.82, 2.24) is 15.1 Å². The van der Waals surface area contributed by atoms with E-state index in [1.54, 1.807) is 0 Å². The van der Waals surface area contributed by atoms with Crippen LogP contribution in [0.4, 0.5) is 0 Å². The van der Waals surface area contributed by atoms with Gasteiger partial charge < -0.3 is 5.32 Å². The van der Waals surface area contributed by atoms with E-state index < -0.39 is 0 Å². The minimum absolute atomic E-state index is 0.382. The quantitative estimate of drug-likeness (QED) is 0.857. The average molecular weight is 257 g/mol. The van der Waals surface area contributed by atoms with Crippen molar-refractivity contribution in [3.8, 4) is 5.69 Å². The summed E-state index contributed by atoms with van der Waals surface area (Å²) in [4.78, 5) is 0. The highest BCUT2D eigenvalue weighted by Crippen LogP contribution is 2.24. The van der Waals surface area contributed by atoms with E-state index in [1.807, 2.05) is 29.1 Å². The van der Waals surface area contributed by atoms with Crippen molar-refractivity contribution in [3.63, 3.8) is 0 Å². The molecule has 19 heavy (non-hydrogen) atoms. The number of hydrogen-bond acceptors (Lipinski definition) is 2. The van der Waals surface area contributed by atoms with Crippen molar-refractivity contribution >= 4 is 0 Å². The van der Waals surface area contributed by atoms with Gasteiger partial charge >= 0.3 is 0 Å². The van der Waals surface area contributed by atoms with Gasteiger partial charge in [-0.25, -0.2) is 4.68 Å². The Hall–Kier alpha value is -1.61. The molecule has 0 saturated carbocycles. The van der Waals surface area contributed by atoms with Gasteiger partial charge in [-0.1, -0.05) is 45.4 Å². The number of para-hydroxylation sites is 1. The maximum atomic E-state index is 4.48. The molecule has 0 fully saturated rings. The first kappa shape index (κ1) is 13.8. The molecule has 1 aromatic carbocycles. The summed E-state index contributed by atoms with van der Waals surface area (Å²) >= 11 is 0. The smallest absolute Gasteiger partial charge is 0.0645 e. The van der Waals surface area contributed by atoms with Crippen molar-refractivity contribution in [3.05, 3.63) is 48.3 Å². The zero-order valence-electron chi connectivity index (χ0n) is 12.0. The van der Waals surface area contributed by atoms with Gasteiger partial charge in [0.1, 0.15) is 0 Å². The standard InChI is InChI=1S/C16H23N3/c1-4-13(3)16(17-5-2)14-11-18-19(12-14)15-9-7-6-8-10-15/h6-13,16-17H,4-5H2,1-3H3. The van der Waals surface area contributed by atoms with Crippen LogP contribution in [0.2, 0.25) is 0 Å². The molecule has 1 heterocycles. The summed E-state index contributed by atoms with van der Waals surface area (Å²) in [5.41, 5.74) is 2.37. The molecule has 2 unspecified atom stereocenters. The number of rotatable bonds is 6. The van der Waals surface area contributed by atoms with Crippen LogP contribution >= 0.6 is 0 Å². The van der Waals surface area contributed by atoms with Crippen molar-refractivity contribution < 1.29 is 0 Å². The van der Waals surface area contributed by atoms with E-state index >= 15 is 0 Å². The fraction of sp³-hybridized carbons (Fsp3) is 0.438. The first-order valence-corrected chi connectivity index (χ1v) is 7.09. The Morgan fingerprint density at radius 2 is 1.95 bits per heavy atom. The molecule has 0 spiro atoms. The van der Waals surface area contributed by atoms with E-state index in [2.05, 4.69) is 49.5 Å². The molecule has 0 aliphatic carbocycles. The van der Waals surface area contributed by atoms with E-state index in [1.165, 1.54) is 5.56 Å². The lowest BCUT2D eigenvalue weighted by atomic mass is 9.94. The van der Waals surface area contributed by atoms with E-state index in [0.29, 0.717) is 12.0 Å². The molecule has 0 bridgehead atoms. The maximum absolute atomic E-state index is 4.48. The summed E-state index contributed by atoms with van der Waals surface area (Å²) in [5.74, 6) is 0.605. The Balaban J connectivity index is 2.23. The Labute approximate surface area is 115 Å². The van der Waals surface area contributed by atoms with Crippen LogP contribution in [0.3, 0.4) is 0 Å². The summed E-state index contributed by atoms with van der Waals surface area (Å²) in [5, 5.41) is 8.04. The highest BCUT2D eigenvalue weighted by Gasteiger charge is 2.18. The molecule has 3 nitrogen and oxygen atoms in total. The predicted octanol–water partition coefficient (Wildman–Crippen LogP) is 3.57. The normalized spacial score (nSPS) is 14.3. The highest BCUT2D eigenvalue weighted by molar-refractivity contribution is 5.31. The van der Waals surface area contributed by atoms with Gasteiger partial charge in [0.25, 0.3) is 0 Å². The third kappa shape index (κ3) is 3.24. The minimum atomic E-state index is 0.382. The van der Waals surface area contributed by atoms with Crippen LogP contribution in [0.15, 0.2) is 42.7 Å². The Bertz CT molecular complexity index is 490. The summed E-state index contributed by atoms with van der Waals surface area (Å²) in [7, 11) is 0. The molecular weight excluding hydrogens is 234 g/mol. The van der Waals surface area contributed by atoms with Crippen LogP contribution in [0.5, 0.6) is 0 Å². The van der Waals surface area contributed by atoms with E-state index in [9.17, 15) is 0 Å². The SMILES string of the molecule is CCNC(c1cnn(-c2ccccc2)c1)C(C)CC. The zero-order valence-corrected chi connectivity index (χ0v) is 12.0. The number of aromatic nitrogens is 2. The molecule has 0 saturated heterocycles. The molecule has 1 N–H and O–H groups in total. The predicted molar refractivity (Wildman–Crippen MR) is 79.4 cm³/mol. The lowest BCUT2D eigenvalue weighted by Crippen LogP contribution is -2.26. The second-order valence-electron chi connectivity index (χ2n) is 4.97. The van der Waals surface area contributed by atoms with Crippen LogP contribution in [-0.4, -0.2) is 16.3 Å². The molecule has 2 aromatic rings. The van der Waals surface area contributed by atoms with Crippen molar-refractivity contribution in [2.24, 2.45) is 5.92 Å². The Morgan fingerprint density at radius 1 is 1.21 bits per heavy atom. The van der Waals surface area contributed by atoms with Crippen molar-refractivity contribution in [2.75, 3.05) is 6.54 Å². The van der Waals surface area contributed by atoms with Crippen LogP contribution in [0.1, 0.15) is 38.8 Å². The third-order valence-electron chi connectivity index (χ3n) is 3.62. The van der Waals surface area contributed by atoms with E-state index in [-0.39, 0.29) is 0 Å². The molecule has 2 atom stereocenters. The summed E-state index contributed by atoms with van der Waals surface area (Å²) < 4.78 is 1.95. The highest BCUT2D eigenvalue weighted by atomic mass is 15.3. The molecule has 0 aliphatic rings. The molecule has 0 amide bonds. The lowest BCUT2D eigenvalue weighted by Gasteiger charge is -2.22. The van der Waals surface area contributed by atoms with Crippen LogP contribution in [-0.2, 0) is 0 Å². The fourth-order valence-corrected chi connectivity index (χ4v) is 2.32. The van der Waals surface area contributed by atoms with Crippen LogP contribution in [0, 0.1) is 5.92 Å². The molecule has 3 heteroatoms. The molecule has 102 valence electrons. The fourth-order valence-electron chi connectivity index (χ4n) is 2.32. The van der Waals surface area contributed by atoms with Gasteiger partial charge in [0.2, 0.25) is 0 Å². The number of benzene rings is 1. The summed E-state index contributed by atoms with van der Waals surface area (Å²) in [6.45, 7) is 7.65. The lowest BCUT2D eigenvalue weighted by molar-refractivity contribution is 0.384. The van der Waals surface area contributed by atoms with Gasteiger partial charge in [0.15, 0.2) is 0 Å². The number of nitrogens with zero attached hydrogens (tertiary/aromatic N) is 2. The van der Waals surface area contributed by atoms with Crippen LogP contribution in [0.25, 0.3) is 5.69 Å². The van der Waals surface area contributed by atoms with Gasteiger partial charge in [-0.3, -0.25) is 0 Å². The summed E-state index contributed by atoms with van der Waals surface area (Å²) in [6, 6.07) is 10.6. The van der Waals surface area contributed by atoms with Gasteiger partial charge in [0.05, 0.1) is 11.9 Å². The first-order chi connectivity index (χ1) is 9.26. The maximum Gasteiger partial charge on any atom is 0.0645 e. The molecule has 1 aromatic heterocycles. The average Bonchev–Trinajstić information content (AvgIpc) is 2.94. The van der Waals surface area contributed by atoms with Gasteiger partial charge in [0, 0.05) is 17.8 Å². The largest absolute Gasteiger partial charge is 0.310 e. The van der Waals surface area contributed by atoms with E-state index in [0.717, 1.165) is 18.7 Å². The van der Waals surface area contributed by atoms with Gasteiger partial charge in [-0.15, -0.1) is 0 Å². The Kier molecular flexibility index (Phi) is 4.74. The number of nitrogens with one attached hydrogen (secondary N) is 1. The minimum Gasteiger partial charge on any atom is -0.310 e. The first-order valence-electron chi connectivity index (χ1n) is 7.09. The molecule has 0 radical (unpaired) electrons. The van der Waals surface area contributed by atoms with Gasteiger partial charge in [-0.05, 0) is 24.6 Å². The topological polar surface area (TPSA) is 29.9 Å². The molecule has 2 rings (SSSR count). The van der Waals surface area contributed by atoms with Gasteiger partial charge in [-0.2, -0.15) is 5.10 Å². The second-order valence-corrected chi connectivity index (χ2v) is 4.97. The monoisotopic (exact) mass is 257 g/mol. The van der Waals surface area contributed by atoms with Crippen LogP contribution < -0.4 is 5.32 Å². The third-order valence-corrected chi connectivity index (χ3v) is 3.62. The van der Waals surface area contributed by atoms with Crippen molar-refractivity contribution in [1.29, 1.82) is 0 Å². The Morgan fingerprint density at radius 3 is 2.58 bits per heavy atom. The van der Waals surface area contributed by atoms with E-state index in [4.69, 9.17) is 0 Å². The second kappa shape index (κ2) is 6.53. The zero-order chi connectivity index (χ0) is 13.7. The number of hydrogen-bond donors (Lipinski definition) is 1. The molecule has 0 aliphatic heterocycles. The molecular formula is C16H23N3. The van der Waals surface area contributed by atoms with Crippen molar-refractivity contribution in [2.45, 2.75) is 33.2 Å². The summed E-state index contributed by atoms with van der Waals surface area (Å²) in [6.07, 6.45) is 5.27.